The fourth-order valence-corrected chi connectivity index (χ4v) is 0.324. The topological polar surface area (TPSA) is 52.5 Å². The molecule has 0 saturated heterocycles. The minimum atomic E-state index is -1.84. The standard InChI is InChI=1S/C6H12NO2/c1-3-5-7-6(8,9)4-2/h3,7-9H,1-2,4-5H2. The maximum Gasteiger partial charge on any atom is 0.222 e. The summed E-state index contributed by atoms with van der Waals surface area (Å²) in [4.78, 5) is 0. The fraction of sp³-hybridized carbons (Fsp3) is 0.500. The first-order chi connectivity index (χ1) is 4.12. The highest BCUT2D eigenvalue weighted by Gasteiger charge is 2.16. The number of hydrogen-bond donors (Lipinski definition) is 3. The second-order valence-corrected chi connectivity index (χ2v) is 1.74. The highest BCUT2D eigenvalue weighted by atomic mass is 16.5. The summed E-state index contributed by atoms with van der Waals surface area (Å²) in [5, 5.41) is 20.0. The van der Waals surface area contributed by atoms with Gasteiger partial charge in [0.1, 0.15) is 0 Å². The number of rotatable bonds is 4. The lowest BCUT2D eigenvalue weighted by Gasteiger charge is -2.19. The Labute approximate surface area is 55.0 Å². The molecule has 3 nitrogen and oxygen atoms in total. The van der Waals surface area contributed by atoms with Crippen LogP contribution >= 0.6 is 0 Å². The third kappa shape index (κ3) is 4.14. The van der Waals surface area contributed by atoms with Gasteiger partial charge in [0.25, 0.3) is 0 Å². The van der Waals surface area contributed by atoms with Gasteiger partial charge in [0, 0.05) is 13.0 Å². The molecule has 0 fully saturated rings. The van der Waals surface area contributed by atoms with E-state index in [0.29, 0.717) is 6.54 Å². The first kappa shape index (κ1) is 8.62. The lowest BCUT2D eigenvalue weighted by atomic mass is 10.3. The van der Waals surface area contributed by atoms with Gasteiger partial charge in [-0.3, -0.25) is 5.32 Å². The van der Waals surface area contributed by atoms with Crippen LogP contribution in [0.25, 0.3) is 0 Å². The van der Waals surface area contributed by atoms with Crippen molar-refractivity contribution in [2.45, 2.75) is 12.3 Å². The van der Waals surface area contributed by atoms with Crippen molar-refractivity contribution in [3.05, 3.63) is 19.6 Å². The quantitative estimate of drug-likeness (QED) is 0.359. The second-order valence-electron chi connectivity index (χ2n) is 1.74. The van der Waals surface area contributed by atoms with Crippen LogP contribution < -0.4 is 5.32 Å². The van der Waals surface area contributed by atoms with Crippen LogP contribution in [-0.2, 0) is 0 Å². The van der Waals surface area contributed by atoms with Gasteiger partial charge in [-0.1, -0.05) is 6.08 Å². The summed E-state index contributed by atoms with van der Waals surface area (Å²) in [5.74, 6) is -1.84. The first-order valence-electron chi connectivity index (χ1n) is 2.72. The molecule has 0 spiro atoms. The summed E-state index contributed by atoms with van der Waals surface area (Å²) in [6.07, 6.45) is 1.55. The minimum absolute atomic E-state index is 0.0147. The number of aliphatic hydroxyl groups is 2. The second kappa shape index (κ2) is 3.61. The Morgan fingerprint density at radius 2 is 2.11 bits per heavy atom. The van der Waals surface area contributed by atoms with Crippen molar-refractivity contribution in [2.75, 3.05) is 6.54 Å². The van der Waals surface area contributed by atoms with Crippen molar-refractivity contribution in [3.8, 4) is 0 Å². The molecule has 0 amide bonds. The van der Waals surface area contributed by atoms with Gasteiger partial charge in [-0.2, -0.15) is 0 Å². The molecule has 0 unspecified atom stereocenters. The van der Waals surface area contributed by atoms with Crippen molar-refractivity contribution >= 4 is 0 Å². The van der Waals surface area contributed by atoms with E-state index in [0.717, 1.165) is 0 Å². The average molecular weight is 130 g/mol. The Morgan fingerprint density at radius 1 is 1.56 bits per heavy atom. The molecule has 0 heterocycles. The maximum atomic E-state index is 8.79. The van der Waals surface area contributed by atoms with E-state index < -0.39 is 5.91 Å². The summed E-state index contributed by atoms with van der Waals surface area (Å²) in [7, 11) is 0. The maximum absolute atomic E-state index is 8.79. The summed E-state index contributed by atoms with van der Waals surface area (Å²) < 4.78 is 0. The SMILES string of the molecule is [CH2]CC(O)(O)NCC=C. The Hall–Kier alpha value is -0.380. The van der Waals surface area contributed by atoms with Crippen LogP contribution in [0.3, 0.4) is 0 Å². The van der Waals surface area contributed by atoms with Gasteiger partial charge in [0.05, 0.1) is 0 Å². The molecule has 0 bridgehead atoms. The van der Waals surface area contributed by atoms with Crippen LogP contribution in [0.2, 0.25) is 0 Å². The Kier molecular flexibility index (Phi) is 3.46. The molecule has 0 aliphatic heterocycles. The van der Waals surface area contributed by atoms with Gasteiger partial charge >= 0.3 is 0 Å². The van der Waals surface area contributed by atoms with Crippen LogP contribution in [-0.4, -0.2) is 22.7 Å². The van der Waals surface area contributed by atoms with E-state index in [1.165, 1.54) is 6.08 Å². The van der Waals surface area contributed by atoms with Crippen molar-refractivity contribution in [1.82, 2.24) is 5.32 Å². The van der Waals surface area contributed by atoms with E-state index in [-0.39, 0.29) is 6.42 Å². The zero-order chi connectivity index (χ0) is 7.33. The molecule has 0 aromatic heterocycles. The first-order valence-corrected chi connectivity index (χ1v) is 2.72. The van der Waals surface area contributed by atoms with Crippen LogP contribution in [0, 0.1) is 6.92 Å². The van der Waals surface area contributed by atoms with Gasteiger partial charge in [-0.25, -0.2) is 0 Å². The predicted octanol–water partition coefficient (Wildman–Crippen LogP) is -0.375. The molecule has 0 aliphatic carbocycles. The van der Waals surface area contributed by atoms with Gasteiger partial charge in [0.2, 0.25) is 5.91 Å². The molecule has 3 heteroatoms. The fourth-order valence-electron chi connectivity index (χ4n) is 0.324. The molecule has 1 radical (unpaired) electrons. The molecule has 0 aromatic carbocycles. The number of nitrogens with one attached hydrogen (secondary N) is 1. The van der Waals surface area contributed by atoms with Gasteiger partial charge in [0.15, 0.2) is 0 Å². The van der Waals surface area contributed by atoms with E-state index in [1.807, 2.05) is 0 Å². The smallest absolute Gasteiger partial charge is 0.222 e. The van der Waals surface area contributed by atoms with E-state index in [9.17, 15) is 0 Å². The van der Waals surface area contributed by atoms with Crippen molar-refractivity contribution in [1.29, 1.82) is 0 Å². The molecule has 0 rings (SSSR count). The van der Waals surface area contributed by atoms with E-state index >= 15 is 0 Å². The van der Waals surface area contributed by atoms with Crippen molar-refractivity contribution < 1.29 is 10.2 Å². The Balaban J connectivity index is 3.44. The van der Waals surface area contributed by atoms with E-state index in [1.54, 1.807) is 0 Å². The average Bonchev–Trinajstić information content (AvgIpc) is 1.84. The molecular weight excluding hydrogens is 118 g/mol. The normalized spacial score (nSPS) is 11.4. The largest absolute Gasteiger partial charge is 0.353 e. The van der Waals surface area contributed by atoms with Gasteiger partial charge in [-0.05, 0) is 6.92 Å². The van der Waals surface area contributed by atoms with Crippen molar-refractivity contribution in [3.63, 3.8) is 0 Å². The van der Waals surface area contributed by atoms with Crippen LogP contribution in [0.1, 0.15) is 6.42 Å². The monoisotopic (exact) mass is 130 g/mol. The molecule has 53 valence electrons. The zero-order valence-electron chi connectivity index (χ0n) is 5.30. The van der Waals surface area contributed by atoms with Crippen molar-refractivity contribution in [2.24, 2.45) is 0 Å². The highest BCUT2D eigenvalue weighted by molar-refractivity contribution is 4.73. The van der Waals surface area contributed by atoms with E-state index in [4.69, 9.17) is 10.2 Å². The molecule has 0 saturated carbocycles. The van der Waals surface area contributed by atoms with Gasteiger partial charge < -0.3 is 10.2 Å². The summed E-state index contributed by atoms with van der Waals surface area (Å²) in [6, 6.07) is 0. The molecule has 0 atom stereocenters. The lowest BCUT2D eigenvalue weighted by Crippen LogP contribution is -2.44. The molecular formula is C6H12NO2. The summed E-state index contributed by atoms with van der Waals surface area (Å²) in [5.41, 5.74) is 0. The van der Waals surface area contributed by atoms with Crippen LogP contribution in [0.15, 0.2) is 12.7 Å². The predicted molar refractivity (Wildman–Crippen MR) is 35.3 cm³/mol. The summed E-state index contributed by atoms with van der Waals surface area (Å²) in [6.45, 7) is 7.07. The Bertz CT molecular complexity index is 91.1. The van der Waals surface area contributed by atoms with E-state index in [2.05, 4.69) is 18.8 Å². The molecule has 0 aromatic rings. The summed E-state index contributed by atoms with van der Waals surface area (Å²) >= 11 is 0. The molecule has 0 aliphatic rings. The third-order valence-electron chi connectivity index (χ3n) is 0.878. The molecule has 9 heavy (non-hydrogen) atoms. The van der Waals surface area contributed by atoms with Crippen LogP contribution in [0.5, 0.6) is 0 Å². The number of hydrogen-bond acceptors (Lipinski definition) is 3. The molecule has 3 N–H and O–H groups in total. The third-order valence-corrected chi connectivity index (χ3v) is 0.878. The minimum Gasteiger partial charge on any atom is -0.353 e. The zero-order valence-corrected chi connectivity index (χ0v) is 5.30. The lowest BCUT2D eigenvalue weighted by molar-refractivity contribution is -0.180. The highest BCUT2D eigenvalue weighted by Crippen LogP contribution is 1.96. The van der Waals surface area contributed by atoms with Crippen LogP contribution in [0.4, 0.5) is 0 Å². The Morgan fingerprint density at radius 3 is 2.44 bits per heavy atom. The van der Waals surface area contributed by atoms with Gasteiger partial charge in [-0.15, -0.1) is 6.58 Å².